The van der Waals surface area contributed by atoms with Gasteiger partial charge in [0.15, 0.2) is 5.76 Å². The van der Waals surface area contributed by atoms with Gasteiger partial charge in [0.2, 0.25) is 0 Å². The number of carbonyl (C=O) groups is 2. The average molecular weight is 374 g/mol. The van der Waals surface area contributed by atoms with E-state index in [-0.39, 0.29) is 17.0 Å². The van der Waals surface area contributed by atoms with Gasteiger partial charge in [-0.2, -0.15) is 13.2 Å². The summed E-state index contributed by atoms with van der Waals surface area (Å²) in [6, 6.07) is 13.5. The molecule has 0 saturated carbocycles. The standard InChI is InChI=1S/C19H13F3N2O3/c20-19(21,22)14-7-1-2-8-15(14)24-17(25)12-5-3-6-13(11-12)23-18(26)16-9-4-10-27-16/h1-11H,(H,23,26)(H,24,25). The van der Waals surface area contributed by atoms with Crippen LogP contribution in [0.5, 0.6) is 0 Å². The molecule has 1 aromatic heterocycles. The quantitative estimate of drug-likeness (QED) is 0.689. The molecule has 2 aromatic carbocycles. The Kier molecular flexibility index (Phi) is 4.98. The molecule has 3 rings (SSSR count). The molecule has 1 heterocycles. The lowest BCUT2D eigenvalue weighted by Gasteiger charge is -2.14. The number of furan rings is 1. The Bertz CT molecular complexity index is 966. The van der Waals surface area contributed by atoms with Crippen LogP contribution in [0, 0.1) is 0 Å². The van der Waals surface area contributed by atoms with E-state index in [4.69, 9.17) is 4.42 Å². The molecule has 0 aliphatic heterocycles. The first kappa shape index (κ1) is 18.2. The number of hydrogen-bond acceptors (Lipinski definition) is 3. The molecule has 0 aliphatic carbocycles. The Labute approximate surface area is 151 Å². The van der Waals surface area contributed by atoms with Crippen LogP contribution in [0.2, 0.25) is 0 Å². The Morgan fingerprint density at radius 3 is 2.33 bits per heavy atom. The minimum atomic E-state index is -4.59. The van der Waals surface area contributed by atoms with E-state index in [2.05, 4.69) is 10.6 Å². The van der Waals surface area contributed by atoms with Gasteiger partial charge in [0.1, 0.15) is 0 Å². The lowest BCUT2D eigenvalue weighted by atomic mass is 10.1. The normalized spacial score (nSPS) is 11.1. The van der Waals surface area contributed by atoms with E-state index in [1.165, 1.54) is 48.7 Å². The van der Waals surface area contributed by atoms with Gasteiger partial charge < -0.3 is 15.1 Å². The molecule has 0 unspecified atom stereocenters. The van der Waals surface area contributed by atoms with Crippen LogP contribution in [-0.2, 0) is 6.18 Å². The zero-order valence-electron chi connectivity index (χ0n) is 13.7. The van der Waals surface area contributed by atoms with E-state index in [0.717, 1.165) is 6.07 Å². The number of benzene rings is 2. The van der Waals surface area contributed by atoms with Crippen molar-refractivity contribution in [2.45, 2.75) is 6.18 Å². The predicted octanol–water partition coefficient (Wildman–Crippen LogP) is 4.80. The van der Waals surface area contributed by atoms with Crippen molar-refractivity contribution in [3.8, 4) is 0 Å². The Morgan fingerprint density at radius 2 is 1.63 bits per heavy atom. The molecule has 0 bridgehead atoms. The van der Waals surface area contributed by atoms with Gasteiger partial charge in [-0.3, -0.25) is 9.59 Å². The number of amides is 2. The molecule has 0 radical (unpaired) electrons. The summed E-state index contributed by atoms with van der Waals surface area (Å²) in [5.41, 5.74) is -0.905. The summed E-state index contributed by atoms with van der Waals surface area (Å²) in [6.45, 7) is 0. The molecule has 0 spiro atoms. The van der Waals surface area contributed by atoms with Crippen LogP contribution in [-0.4, -0.2) is 11.8 Å². The first-order valence-electron chi connectivity index (χ1n) is 7.77. The third-order valence-corrected chi connectivity index (χ3v) is 3.61. The second-order valence-electron chi connectivity index (χ2n) is 5.51. The number of halogens is 3. The Morgan fingerprint density at radius 1 is 0.852 bits per heavy atom. The monoisotopic (exact) mass is 374 g/mol. The highest BCUT2D eigenvalue weighted by Crippen LogP contribution is 2.34. The average Bonchev–Trinajstić information content (AvgIpc) is 3.16. The van der Waals surface area contributed by atoms with Gasteiger partial charge in [-0.15, -0.1) is 0 Å². The van der Waals surface area contributed by atoms with Crippen LogP contribution in [0.3, 0.4) is 0 Å². The summed E-state index contributed by atoms with van der Waals surface area (Å²) >= 11 is 0. The van der Waals surface area contributed by atoms with Crippen molar-refractivity contribution in [2.24, 2.45) is 0 Å². The molecule has 0 atom stereocenters. The summed E-state index contributed by atoms with van der Waals surface area (Å²) in [4.78, 5) is 24.3. The molecule has 2 N–H and O–H groups in total. The van der Waals surface area contributed by atoms with Crippen molar-refractivity contribution in [2.75, 3.05) is 10.6 Å². The third-order valence-electron chi connectivity index (χ3n) is 3.61. The molecule has 5 nitrogen and oxygen atoms in total. The maximum Gasteiger partial charge on any atom is 0.418 e. The molecule has 0 aliphatic rings. The maximum atomic E-state index is 13.0. The fourth-order valence-electron chi connectivity index (χ4n) is 2.37. The molecule has 138 valence electrons. The van der Waals surface area contributed by atoms with E-state index in [1.807, 2.05) is 0 Å². The van der Waals surface area contributed by atoms with E-state index >= 15 is 0 Å². The Balaban J connectivity index is 1.78. The van der Waals surface area contributed by atoms with Gasteiger partial charge in [-0.05, 0) is 42.5 Å². The number of carbonyl (C=O) groups excluding carboxylic acids is 2. The second-order valence-corrected chi connectivity index (χ2v) is 5.51. The highest BCUT2D eigenvalue weighted by Gasteiger charge is 2.33. The largest absolute Gasteiger partial charge is 0.459 e. The Hall–Kier alpha value is -3.55. The number of hydrogen-bond donors (Lipinski definition) is 2. The third kappa shape index (κ3) is 4.35. The van der Waals surface area contributed by atoms with Crippen LogP contribution < -0.4 is 10.6 Å². The maximum absolute atomic E-state index is 13.0. The van der Waals surface area contributed by atoms with Gasteiger partial charge in [0.25, 0.3) is 11.8 Å². The number of alkyl halides is 3. The first-order chi connectivity index (χ1) is 12.8. The lowest BCUT2D eigenvalue weighted by molar-refractivity contribution is -0.136. The minimum absolute atomic E-state index is 0.0870. The molecular weight excluding hydrogens is 361 g/mol. The predicted molar refractivity (Wildman–Crippen MR) is 92.5 cm³/mol. The van der Waals surface area contributed by atoms with E-state index in [1.54, 1.807) is 12.1 Å². The number of rotatable bonds is 4. The van der Waals surface area contributed by atoms with Crippen LogP contribution in [0.1, 0.15) is 26.5 Å². The molecular formula is C19H13F3N2O3. The molecule has 27 heavy (non-hydrogen) atoms. The van der Waals surface area contributed by atoms with Crippen LogP contribution >= 0.6 is 0 Å². The summed E-state index contributed by atoms with van der Waals surface area (Å²) in [5, 5.41) is 4.80. The van der Waals surface area contributed by atoms with Crippen molar-refractivity contribution in [1.82, 2.24) is 0 Å². The fraction of sp³-hybridized carbons (Fsp3) is 0.0526. The van der Waals surface area contributed by atoms with Crippen molar-refractivity contribution in [1.29, 1.82) is 0 Å². The van der Waals surface area contributed by atoms with Crippen LogP contribution in [0.15, 0.2) is 71.3 Å². The molecule has 0 saturated heterocycles. The number of para-hydroxylation sites is 1. The van der Waals surface area contributed by atoms with E-state index in [0.29, 0.717) is 5.69 Å². The topological polar surface area (TPSA) is 71.3 Å². The second kappa shape index (κ2) is 7.36. The zero-order valence-corrected chi connectivity index (χ0v) is 13.7. The minimum Gasteiger partial charge on any atom is -0.459 e. The van der Waals surface area contributed by atoms with Crippen molar-refractivity contribution in [3.05, 3.63) is 83.8 Å². The van der Waals surface area contributed by atoms with Crippen molar-refractivity contribution in [3.63, 3.8) is 0 Å². The smallest absolute Gasteiger partial charge is 0.418 e. The van der Waals surface area contributed by atoms with Gasteiger partial charge in [-0.1, -0.05) is 18.2 Å². The molecule has 0 fully saturated rings. The molecule has 3 aromatic rings. The van der Waals surface area contributed by atoms with Gasteiger partial charge >= 0.3 is 6.18 Å². The van der Waals surface area contributed by atoms with Crippen LogP contribution in [0.4, 0.5) is 24.5 Å². The van der Waals surface area contributed by atoms with E-state index < -0.39 is 23.6 Å². The molecule has 2 amide bonds. The summed E-state index contributed by atoms with van der Waals surface area (Å²) in [5.74, 6) is -1.16. The SMILES string of the molecule is O=C(Nc1ccccc1C(F)(F)F)c1cccc(NC(=O)c2ccco2)c1. The summed E-state index contributed by atoms with van der Waals surface area (Å²) in [6.07, 6.45) is -3.25. The van der Waals surface area contributed by atoms with Crippen molar-refractivity contribution >= 4 is 23.2 Å². The fourth-order valence-corrected chi connectivity index (χ4v) is 2.37. The van der Waals surface area contributed by atoms with Crippen LogP contribution in [0.25, 0.3) is 0 Å². The number of nitrogens with one attached hydrogen (secondary N) is 2. The van der Waals surface area contributed by atoms with Crippen molar-refractivity contribution < 1.29 is 27.2 Å². The van der Waals surface area contributed by atoms with Gasteiger partial charge in [0.05, 0.1) is 17.5 Å². The highest BCUT2D eigenvalue weighted by molar-refractivity contribution is 6.07. The molecule has 8 heteroatoms. The summed E-state index contributed by atoms with van der Waals surface area (Å²) < 4.78 is 44.1. The zero-order chi connectivity index (χ0) is 19.4. The van der Waals surface area contributed by atoms with Gasteiger partial charge in [0, 0.05) is 11.3 Å². The number of anilines is 2. The lowest BCUT2D eigenvalue weighted by Crippen LogP contribution is -2.17. The van der Waals surface area contributed by atoms with E-state index in [9.17, 15) is 22.8 Å². The highest BCUT2D eigenvalue weighted by atomic mass is 19.4. The first-order valence-corrected chi connectivity index (χ1v) is 7.77. The summed E-state index contributed by atoms with van der Waals surface area (Å²) in [7, 11) is 0. The van der Waals surface area contributed by atoms with Gasteiger partial charge in [-0.25, -0.2) is 0 Å².